The predicted octanol–water partition coefficient (Wildman–Crippen LogP) is -0.165. The molecule has 0 saturated carbocycles. The summed E-state index contributed by atoms with van der Waals surface area (Å²) in [7, 11) is 0. The molecule has 0 radical (unpaired) electrons. The fourth-order valence-corrected chi connectivity index (χ4v) is 3.38. The summed E-state index contributed by atoms with van der Waals surface area (Å²) in [4.78, 5) is 12.6. The standard InChI is InChI=1S/C14H23N2O5P/c1-8-15-13(20)9(17)7-16(8)14-12(19)11(18)10(21-14)5-6-22(2,3)4/h7,10-12,14,17-19H,1-2,5-6H2,3-4H3,(H,15,20)/t10?,11-,12-,14-/m1/s1. The summed E-state index contributed by atoms with van der Waals surface area (Å²) < 4.78 is 5.72. The Kier molecular flexibility index (Phi) is 4.73. The first kappa shape index (κ1) is 17.1. The Labute approximate surface area is 129 Å². The van der Waals surface area contributed by atoms with Gasteiger partial charge in [0.25, 0.3) is 5.91 Å². The molecule has 1 unspecified atom stereocenters. The van der Waals surface area contributed by atoms with Crippen LogP contribution in [0, 0.1) is 0 Å². The highest BCUT2D eigenvalue weighted by molar-refractivity contribution is 7.72. The normalized spacial score (nSPS) is 32.9. The maximum Gasteiger partial charge on any atom is 0.293 e. The molecule has 7 nitrogen and oxygen atoms in total. The Morgan fingerprint density at radius 1 is 1.41 bits per heavy atom. The molecule has 2 heterocycles. The van der Waals surface area contributed by atoms with E-state index in [0.717, 1.165) is 12.4 Å². The number of hydrogen-bond acceptors (Lipinski definition) is 6. The second-order valence-electron chi connectivity index (χ2n) is 6.32. The van der Waals surface area contributed by atoms with E-state index in [1.54, 1.807) is 0 Å². The lowest BCUT2D eigenvalue weighted by atomic mass is 10.1. The molecule has 0 aromatic rings. The predicted molar refractivity (Wildman–Crippen MR) is 85.9 cm³/mol. The van der Waals surface area contributed by atoms with Crippen molar-refractivity contribution in [3.8, 4) is 0 Å². The molecule has 124 valence electrons. The molecule has 2 aliphatic rings. The highest BCUT2D eigenvalue weighted by Gasteiger charge is 2.46. The van der Waals surface area contributed by atoms with Gasteiger partial charge in [0.05, 0.1) is 12.3 Å². The molecule has 1 saturated heterocycles. The monoisotopic (exact) mass is 330 g/mol. The minimum atomic E-state index is -1.26. The fourth-order valence-electron chi connectivity index (χ4n) is 2.43. The van der Waals surface area contributed by atoms with Gasteiger partial charge in [0.15, 0.2) is 12.0 Å². The van der Waals surface area contributed by atoms with Crippen LogP contribution in [0.1, 0.15) is 6.42 Å². The van der Waals surface area contributed by atoms with Crippen molar-refractivity contribution in [2.24, 2.45) is 0 Å². The van der Waals surface area contributed by atoms with Gasteiger partial charge < -0.3 is 30.3 Å². The summed E-state index contributed by atoms with van der Waals surface area (Å²) in [5.74, 6) is -1.01. The molecule has 0 spiro atoms. The molecule has 0 aromatic carbocycles. The maximum absolute atomic E-state index is 11.3. The van der Waals surface area contributed by atoms with Crippen LogP contribution in [-0.2, 0) is 9.53 Å². The van der Waals surface area contributed by atoms with Crippen LogP contribution in [0.5, 0.6) is 0 Å². The fraction of sp³-hybridized carbons (Fsp3) is 0.571. The molecule has 0 aliphatic carbocycles. The summed E-state index contributed by atoms with van der Waals surface area (Å²) in [6, 6.07) is 0. The molecule has 2 aliphatic heterocycles. The van der Waals surface area contributed by atoms with Crippen LogP contribution in [0.4, 0.5) is 0 Å². The summed E-state index contributed by atoms with van der Waals surface area (Å²) in [6.07, 6.45) is 3.00. The Bertz CT molecular complexity index is 555. The molecule has 1 amide bonds. The van der Waals surface area contributed by atoms with Crippen LogP contribution in [0.15, 0.2) is 24.4 Å². The van der Waals surface area contributed by atoms with E-state index in [0.29, 0.717) is 6.42 Å². The lowest BCUT2D eigenvalue weighted by molar-refractivity contribution is -0.122. The van der Waals surface area contributed by atoms with Gasteiger partial charge in [-0.05, 0) is 25.9 Å². The van der Waals surface area contributed by atoms with Gasteiger partial charge in [0.2, 0.25) is 0 Å². The topological polar surface area (TPSA) is 102 Å². The molecule has 8 heteroatoms. The van der Waals surface area contributed by atoms with Crippen molar-refractivity contribution in [3.63, 3.8) is 0 Å². The van der Waals surface area contributed by atoms with E-state index in [-0.39, 0.29) is 5.82 Å². The molecule has 4 N–H and O–H groups in total. The van der Waals surface area contributed by atoms with Crippen LogP contribution in [0.25, 0.3) is 0 Å². The van der Waals surface area contributed by atoms with Gasteiger partial charge in [-0.25, -0.2) is 0 Å². The van der Waals surface area contributed by atoms with E-state index in [1.807, 2.05) is 0 Å². The number of carbonyl (C=O) groups excluding carboxylic acids is 1. The Morgan fingerprint density at radius 2 is 2.05 bits per heavy atom. The molecule has 1 fully saturated rings. The number of rotatable bonds is 4. The van der Waals surface area contributed by atoms with Crippen molar-refractivity contribution < 1.29 is 24.9 Å². The Hall–Kier alpha value is -1.27. The highest BCUT2D eigenvalue weighted by atomic mass is 31.2. The van der Waals surface area contributed by atoms with E-state index < -0.39 is 43.1 Å². The van der Waals surface area contributed by atoms with Gasteiger partial charge in [-0.1, -0.05) is 6.58 Å². The Morgan fingerprint density at radius 3 is 2.64 bits per heavy atom. The van der Waals surface area contributed by atoms with E-state index in [9.17, 15) is 20.1 Å². The molecule has 2 rings (SSSR count). The zero-order valence-corrected chi connectivity index (χ0v) is 13.7. The first-order valence-corrected chi connectivity index (χ1v) is 10.0. The zero-order chi connectivity index (χ0) is 16.7. The van der Waals surface area contributed by atoms with Gasteiger partial charge in [0.1, 0.15) is 18.0 Å². The average Bonchev–Trinajstić information content (AvgIpc) is 2.68. The van der Waals surface area contributed by atoms with Gasteiger partial charge >= 0.3 is 0 Å². The second-order valence-corrected chi connectivity index (χ2v) is 10.6. The number of aliphatic hydroxyl groups is 3. The molecule has 0 aromatic heterocycles. The quantitative estimate of drug-likeness (QED) is 0.534. The third-order valence-corrected chi connectivity index (χ3v) is 5.16. The molecular weight excluding hydrogens is 307 g/mol. The van der Waals surface area contributed by atoms with Crippen LogP contribution in [0.3, 0.4) is 0 Å². The largest absolute Gasteiger partial charge is 0.502 e. The van der Waals surface area contributed by atoms with Gasteiger partial charge in [-0.15, -0.1) is 13.2 Å². The van der Waals surface area contributed by atoms with Crippen molar-refractivity contribution in [3.05, 3.63) is 24.4 Å². The van der Waals surface area contributed by atoms with Crippen LogP contribution in [0.2, 0.25) is 0 Å². The summed E-state index contributed by atoms with van der Waals surface area (Å²) >= 11 is 0. The van der Waals surface area contributed by atoms with Gasteiger partial charge in [-0.3, -0.25) is 4.79 Å². The molecular formula is C14H23N2O5P. The minimum Gasteiger partial charge on any atom is -0.502 e. The first-order valence-electron chi connectivity index (χ1n) is 6.98. The zero-order valence-electron chi connectivity index (χ0n) is 12.8. The number of ether oxygens (including phenoxy) is 1. The van der Waals surface area contributed by atoms with Crippen molar-refractivity contribution in [1.29, 1.82) is 0 Å². The van der Waals surface area contributed by atoms with Crippen molar-refractivity contribution in [2.45, 2.75) is 31.0 Å². The maximum atomic E-state index is 11.3. The number of nitrogens with one attached hydrogen (secondary N) is 1. The smallest absolute Gasteiger partial charge is 0.293 e. The number of aliphatic hydroxyl groups excluding tert-OH is 3. The van der Waals surface area contributed by atoms with Crippen LogP contribution < -0.4 is 5.32 Å². The number of amides is 1. The lowest BCUT2D eigenvalue weighted by Gasteiger charge is -2.33. The molecule has 22 heavy (non-hydrogen) atoms. The van der Waals surface area contributed by atoms with Crippen LogP contribution in [-0.4, -0.2) is 76.5 Å². The van der Waals surface area contributed by atoms with Gasteiger partial charge in [0, 0.05) is 0 Å². The first-order chi connectivity index (χ1) is 10.1. The number of nitrogens with zero attached hydrogens (tertiary/aromatic N) is 1. The minimum absolute atomic E-state index is 0.171. The van der Waals surface area contributed by atoms with Crippen LogP contribution >= 0.6 is 6.89 Å². The lowest BCUT2D eigenvalue weighted by Crippen LogP contribution is -2.47. The third-order valence-electron chi connectivity index (χ3n) is 3.69. The second kappa shape index (κ2) is 6.08. The number of carbonyl (C=O) groups is 1. The average molecular weight is 330 g/mol. The van der Waals surface area contributed by atoms with E-state index >= 15 is 0 Å². The van der Waals surface area contributed by atoms with Gasteiger partial charge in [-0.2, -0.15) is 0 Å². The Balaban J connectivity index is 2.11. The van der Waals surface area contributed by atoms with E-state index in [4.69, 9.17) is 4.74 Å². The van der Waals surface area contributed by atoms with E-state index in [1.165, 1.54) is 4.90 Å². The summed E-state index contributed by atoms with van der Waals surface area (Å²) in [5, 5.41) is 32.2. The van der Waals surface area contributed by atoms with E-state index in [2.05, 4.69) is 31.5 Å². The summed E-state index contributed by atoms with van der Waals surface area (Å²) in [6.45, 7) is 6.57. The SMILES string of the molecule is C=C1NC(=O)C(O)=CN1[C@@H]1OC(CCP(=C)(C)C)[C@@H](O)[C@H]1O. The molecule has 4 atom stereocenters. The van der Waals surface area contributed by atoms with Crippen molar-refractivity contribution >= 4 is 19.1 Å². The van der Waals surface area contributed by atoms with Crippen molar-refractivity contribution in [2.75, 3.05) is 19.5 Å². The van der Waals surface area contributed by atoms with Crippen molar-refractivity contribution in [1.82, 2.24) is 10.2 Å². The number of hydrogen-bond donors (Lipinski definition) is 4. The molecule has 0 bridgehead atoms. The third kappa shape index (κ3) is 3.55. The summed E-state index contributed by atoms with van der Waals surface area (Å²) in [5.41, 5.74) is 0. The highest BCUT2D eigenvalue weighted by Crippen LogP contribution is 2.38.